The molecule has 102 valence electrons. The van der Waals surface area contributed by atoms with Crippen molar-refractivity contribution in [3.8, 4) is 0 Å². The molecule has 0 aliphatic carbocycles. The van der Waals surface area contributed by atoms with Crippen molar-refractivity contribution in [1.29, 1.82) is 0 Å². The molecule has 0 aliphatic rings. The van der Waals surface area contributed by atoms with Gasteiger partial charge in [0.15, 0.2) is 0 Å². The zero-order valence-electron chi connectivity index (χ0n) is 11.3. The maximum atomic E-state index is 12.5. The van der Waals surface area contributed by atoms with Gasteiger partial charge in [0, 0.05) is 31.9 Å². The molecule has 0 bridgehead atoms. The van der Waals surface area contributed by atoms with E-state index < -0.39 is 10.0 Å². The molecule has 1 aromatic rings. The fourth-order valence-electron chi connectivity index (χ4n) is 1.77. The van der Waals surface area contributed by atoms with Gasteiger partial charge < -0.3 is 5.32 Å². The van der Waals surface area contributed by atoms with Gasteiger partial charge in [-0.1, -0.05) is 13.8 Å². The van der Waals surface area contributed by atoms with E-state index in [2.05, 4.69) is 10.3 Å². The molecule has 1 rings (SSSR count). The van der Waals surface area contributed by atoms with Gasteiger partial charge in [-0.25, -0.2) is 13.4 Å². The van der Waals surface area contributed by atoms with Crippen molar-refractivity contribution in [2.75, 3.05) is 18.9 Å². The summed E-state index contributed by atoms with van der Waals surface area (Å²) in [4.78, 5) is 4.31. The summed E-state index contributed by atoms with van der Waals surface area (Å²) in [6, 6.07) is 3.08. The van der Waals surface area contributed by atoms with E-state index in [1.807, 2.05) is 20.8 Å². The topological polar surface area (TPSA) is 62.3 Å². The molecule has 1 atom stereocenters. The van der Waals surface area contributed by atoms with Crippen LogP contribution in [-0.2, 0) is 10.0 Å². The van der Waals surface area contributed by atoms with Crippen LogP contribution in [0, 0.1) is 0 Å². The third kappa shape index (κ3) is 3.00. The van der Waals surface area contributed by atoms with Crippen molar-refractivity contribution in [3.05, 3.63) is 18.3 Å². The van der Waals surface area contributed by atoms with Gasteiger partial charge in [0.2, 0.25) is 10.0 Å². The smallest absolute Gasteiger partial charge is 0.243 e. The van der Waals surface area contributed by atoms with E-state index in [9.17, 15) is 8.42 Å². The van der Waals surface area contributed by atoms with Gasteiger partial charge in [-0.05, 0) is 19.4 Å². The van der Waals surface area contributed by atoms with E-state index in [4.69, 9.17) is 0 Å². The molecular weight excluding hydrogens is 250 g/mol. The van der Waals surface area contributed by atoms with Gasteiger partial charge in [0.05, 0.1) is 4.90 Å². The molecule has 18 heavy (non-hydrogen) atoms. The molecule has 1 heterocycles. The van der Waals surface area contributed by atoms with Crippen molar-refractivity contribution in [3.63, 3.8) is 0 Å². The first-order chi connectivity index (χ1) is 8.47. The number of anilines is 1. The zero-order chi connectivity index (χ0) is 13.8. The van der Waals surface area contributed by atoms with Crippen LogP contribution in [-0.4, -0.2) is 37.3 Å². The summed E-state index contributed by atoms with van der Waals surface area (Å²) >= 11 is 0. The number of aromatic nitrogens is 1. The number of hydrogen-bond acceptors (Lipinski definition) is 4. The Balaban J connectivity index is 3.18. The standard InChI is InChI=1S/C12H21N3O2S/c1-5-10(3)15(6-2)18(16,17)11-7-8-14-12(9-11)13-4/h7-10H,5-6H2,1-4H3,(H,13,14). The number of hydrogen-bond donors (Lipinski definition) is 1. The Bertz CT molecular complexity index is 488. The SMILES string of the molecule is CCC(C)N(CC)S(=O)(=O)c1ccnc(NC)c1. The lowest BCUT2D eigenvalue weighted by Crippen LogP contribution is -2.38. The van der Waals surface area contributed by atoms with Crippen LogP contribution in [0.25, 0.3) is 0 Å². The molecule has 6 heteroatoms. The van der Waals surface area contributed by atoms with Crippen LogP contribution < -0.4 is 5.32 Å². The lowest BCUT2D eigenvalue weighted by atomic mass is 10.3. The van der Waals surface area contributed by atoms with Crippen LogP contribution in [0.4, 0.5) is 5.82 Å². The van der Waals surface area contributed by atoms with E-state index in [1.54, 1.807) is 13.1 Å². The number of nitrogens with zero attached hydrogens (tertiary/aromatic N) is 2. The number of nitrogens with one attached hydrogen (secondary N) is 1. The molecule has 0 spiro atoms. The van der Waals surface area contributed by atoms with Crippen molar-refractivity contribution < 1.29 is 8.42 Å². The van der Waals surface area contributed by atoms with Crippen molar-refractivity contribution in [2.45, 2.75) is 38.1 Å². The first-order valence-electron chi connectivity index (χ1n) is 6.13. The van der Waals surface area contributed by atoms with Crippen molar-refractivity contribution >= 4 is 15.8 Å². The summed E-state index contributed by atoms with van der Waals surface area (Å²) < 4.78 is 26.5. The highest BCUT2D eigenvalue weighted by Gasteiger charge is 2.26. The second kappa shape index (κ2) is 6.15. The Kier molecular flexibility index (Phi) is 5.10. The molecule has 0 amide bonds. The third-order valence-corrected chi connectivity index (χ3v) is 5.07. The van der Waals surface area contributed by atoms with Gasteiger partial charge >= 0.3 is 0 Å². The molecule has 0 aromatic carbocycles. The summed E-state index contributed by atoms with van der Waals surface area (Å²) in [7, 11) is -1.73. The van der Waals surface area contributed by atoms with Crippen LogP contribution >= 0.6 is 0 Å². The van der Waals surface area contributed by atoms with Gasteiger partial charge in [-0.3, -0.25) is 0 Å². The minimum atomic E-state index is -3.44. The second-order valence-corrected chi connectivity index (χ2v) is 5.98. The maximum absolute atomic E-state index is 12.5. The minimum absolute atomic E-state index is 0.00815. The average molecular weight is 271 g/mol. The highest BCUT2D eigenvalue weighted by molar-refractivity contribution is 7.89. The molecule has 0 saturated carbocycles. The largest absolute Gasteiger partial charge is 0.373 e. The van der Waals surface area contributed by atoms with E-state index in [0.29, 0.717) is 12.4 Å². The fourth-order valence-corrected chi connectivity index (χ4v) is 3.49. The number of sulfonamides is 1. The summed E-state index contributed by atoms with van der Waals surface area (Å²) in [5, 5.41) is 2.85. The lowest BCUT2D eigenvalue weighted by molar-refractivity contribution is 0.342. The predicted octanol–water partition coefficient (Wildman–Crippen LogP) is 1.93. The van der Waals surface area contributed by atoms with E-state index in [-0.39, 0.29) is 10.9 Å². The summed E-state index contributed by atoms with van der Waals surface area (Å²) in [6.07, 6.45) is 2.29. The normalized spacial score (nSPS) is 13.6. The summed E-state index contributed by atoms with van der Waals surface area (Å²) in [5.41, 5.74) is 0. The average Bonchev–Trinajstić information content (AvgIpc) is 2.39. The molecular formula is C12H21N3O2S. The van der Waals surface area contributed by atoms with Crippen molar-refractivity contribution in [2.24, 2.45) is 0 Å². The van der Waals surface area contributed by atoms with Gasteiger partial charge in [0.1, 0.15) is 5.82 Å². The van der Waals surface area contributed by atoms with Gasteiger partial charge in [0.25, 0.3) is 0 Å². The Labute approximate surface area is 109 Å². The summed E-state index contributed by atoms with van der Waals surface area (Å²) in [5.74, 6) is 0.552. The van der Waals surface area contributed by atoms with Crippen LogP contribution in [0.3, 0.4) is 0 Å². The van der Waals surface area contributed by atoms with Gasteiger partial charge in [-0.15, -0.1) is 0 Å². The Morgan fingerprint density at radius 1 is 1.44 bits per heavy atom. The number of pyridine rings is 1. The van der Waals surface area contributed by atoms with E-state index in [0.717, 1.165) is 6.42 Å². The van der Waals surface area contributed by atoms with E-state index in [1.165, 1.54) is 16.6 Å². The third-order valence-electron chi connectivity index (χ3n) is 2.99. The highest BCUT2D eigenvalue weighted by atomic mass is 32.2. The van der Waals surface area contributed by atoms with E-state index >= 15 is 0 Å². The molecule has 1 N–H and O–H groups in total. The maximum Gasteiger partial charge on any atom is 0.243 e. The number of rotatable bonds is 6. The highest BCUT2D eigenvalue weighted by Crippen LogP contribution is 2.20. The minimum Gasteiger partial charge on any atom is -0.373 e. The zero-order valence-corrected chi connectivity index (χ0v) is 12.2. The molecule has 0 aliphatic heterocycles. The first kappa shape index (κ1) is 14.9. The predicted molar refractivity (Wildman–Crippen MR) is 73.1 cm³/mol. The van der Waals surface area contributed by atoms with Crippen LogP contribution in [0.2, 0.25) is 0 Å². The van der Waals surface area contributed by atoms with Gasteiger partial charge in [-0.2, -0.15) is 4.31 Å². The monoisotopic (exact) mass is 271 g/mol. The quantitative estimate of drug-likeness (QED) is 0.859. The van der Waals surface area contributed by atoms with Crippen LogP contribution in [0.5, 0.6) is 0 Å². The van der Waals surface area contributed by atoms with Crippen molar-refractivity contribution in [1.82, 2.24) is 9.29 Å². The molecule has 0 radical (unpaired) electrons. The molecule has 1 aromatic heterocycles. The Morgan fingerprint density at radius 3 is 2.61 bits per heavy atom. The Hall–Kier alpha value is -1.14. The molecule has 5 nitrogen and oxygen atoms in total. The molecule has 0 saturated heterocycles. The molecule has 0 fully saturated rings. The fraction of sp³-hybridized carbons (Fsp3) is 0.583. The first-order valence-corrected chi connectivity index (χ1v) is 7.57. The lowest BCUT2D eigenvalue weighted by Gasteiger charge is -2.26. The Morgan fingerprint density at radius 2 is 2.11 bits per heavy atom. The molecule has 1 unspecified atom stereocenters. The van der Waals surface area contributed by atoms with Crippen LogP contribution in [0.1, 0.15) is 27.2 Å². The summed E-state index contributed by atoms with van der Waals surface area (Å²) in [6.45, 7) is 6.22. The second-order valence-electron chi connectivity index (χ2n) is 4.09. The van der Waals surface area contributed by atoms with Crippen LogP contribution in [0.15, 0.2) is 23.2 Å².